The van der Waals surface area contributed by atoms with Gasteiger partial charge in [0.15, 0.2) is 0 Å². The summed E-state index contributed by atoms with van der Waals surface area (Å²) < 4.78 is 11.4. The second-order valence-electron chi connectivity index (χ2n) is 8.27. The van der Waals surface area contributed by atoms with Gasteiger partial charge in [-0.2, -0.15) is 0 Å². The van der Waals surface area contributed by atoms with E-state index in [1.807, 2.05) is 0 Å². The van der Waals surface area contributed by atoms with E-state index in [1.54, 1.807) is 38.3 Å². The third-order valence-corrected chi connectivity index (χ3v) is 7.47. The number of nitrogens with one attached hydrogen (secondary N) is 2. The van der Waals surface area contributed by atoms with E-state index in [9.17, 15) is 19.5 Å². The number of ether oxygens (including phenoxy) is 2. The van der Waals surface area contributed by atoms with Crippen molar-refractivity contribution in [2.45, 2.75) is 42.0 Å². The Bertz CT molecular complexity index is 896. The number of fused-ring (bicyclic) bond motifs is 1. The first-order valence-electron chi connectivity index (χ1n) is 10.2. The normalized spacial score (nSPS) is 34.4. The largest absolute Gasteiger partial charge is 0.497 e. The quantitative estimate of drug-likeness (QED) is 0.495. The van der Waals surface area contributed by atoms with Gasteiger partial charge in [-0.3, -0.25) is 14.4 Å². The van der Waals surface area contributed by atoms with Crippen molar-refractivity contribution in [2.24, 2.45) is 11.8 Å². The zero-order chi connectivity index (χ0) is 22.5. The summed E-state index contributed by atoms with van der Waals surface area (Å²) in [5, 5.41) is 15.3. The second-order valence-corrected chi connectivity index (χ2v) is 9.45. The lowest BCUT2D eigenvalue weighted by Crippen LogP contribution is -2.56. The lowest BCUT2D eigenvalue weighted by Gasteiger charge is -2.35. The standard InChI is InChI=1S/C21H26BrN3O6/c1-10(9-26)25-17(19(28)24-11-4-6-12(30-3)7-5-11)21-8-13(22)16(31-21)14(18(27)23-2)15(21)20(25)29/h4-7,10,13-17,26H,8-9H2,1-3H3,(H,23,27)(H,24,28)/t10-,13?,14-,15+,16-,17?,21?/m1/s1. The summed E-state index contributed by atoms with van der Waals surface area (Å²) in [5.74, 6) is -1.89. The van der Waals surface area contributed by atoms with Gasteiger partial charge in [-0.1, -0.05) is 15.9 Å². The second kappa shape index (κ2) is 8.07. The number of amides is 3. The van der Waals surface area contributed by atoms with Crippen molar-refractivity contribution in [2.75, 3.05) is 26.1 Å². The van der Waals surface area contributed by atoms with Gasteiger partial charge in [-0.05, 0) is 37.6 Å². The number of methoxy groups -OCH3 is 1. The van der Waals surface area contributed by atoms with Gasteiger partial charge in [0.1, 0.15) is 17.4 Å². The predicted molar refractivity (Wildman–Crippen MR) is 115 cm³/mol. The Labute approximate surface area is 188 Å². The number of aliphatic hydroxyl groups excluding tert-OH is 1. The molecular formula is C21H26BrN3O6. The number of halogens is 1. The van der Waals surface area contributed by atoms with Crippen LogP contribution < -0.4 is 15.4 Å². The highest BCUT2D eigenvalue weighted by Gasteiger charge is 2.76. The van der Waals surface area contributed by atoms with Crippen LogP contribution in [0.2, 0.25) is 0 Å². The number of rotatable bonds is 6. The van der Waals surface area contributed by atoms with E-state index in [1.165, 1.54) is 11.9 Å². The molecule has 3 fully saturated rings. The molecule has 4 rings (SSSR count). The molecule has 7 atom stereocenters. The number of hydrogen-bond acceptors (Lipinski definition) is 6. The molecule has 168 valence electrons. The van der Waals surface area contributed by atoms with Crippen LogP contribution in [0.5, 0.6) is 5.75 Å². The van der Waals surface area contributed by atoms with Crippen molar-refractivity contribution >= 4 is 39.3 Å². The van der Waals surface area contributed by atoms with E-state index in [0.29, 0.717) is 17.9 Å². The highest BCUT2D eigenvalue weighted by molar-refractivity contribution is 9.09. The molecule has 1 aromatic carbocycles. The fraction of sp³-hybridized carbons (Fsp3) is 0.571. The summed E-state index contributed by atoms with van der Waals surface area (Å²) in [6.45, 7) is 1.36. The first-order chi connectivity index (χ1) is 14.8. The maximum absolute atomic E-state index is 13.5. The summed E-state index contributed by atoms with van der Waals surface area (Å²) in [7, 11) is 3.07. The van der Waals surface area contributed by atoms with Crippen LogP contribution in [0.3, 0.4) is 0 Å². The van der Waals surface area contributed by atoms with Crippen molar-refractivity contribution in [3.8, 4) is 5.75 Å². The van der Waals surface area contributed by atoms with Crippen molar-refractivity contribution in [3.63, 3.8) is 0 Å². The van der Waals surface area contributed by atoms with Crippen LogP contribution in [-0.4, -0.2) is 77.1 Å². The number of carbonyl (C=O) groups is 3. The molecule has 0 radical (unpaired) electrons. The fourth-order valence-electron chi connectivity index (χ4n) is 5.28. The molecule has 0 aliphatic carbocycles. The molecule has 1 spiro atoms. The Morgan fingerprint density at radius 2 is 2.03 bits per heavy atom. The lowest BCUT2D eigenvalue weighted by molar-refractivity contribution is -0.143. The highest BCUT2D eigenvalue weighted by Crippen LogP contribution is 2.60. The Morgan fingerprint density at radius 3 is 2.61 bits per heavy atom. The molecule has 3 saturated heterocycles. The minimum Gasteiger partial charge on any atom is -0.497 e. The minimum atomic E-state index is -1.15. The van der Waals surface area contributed by atoms with Crippen molar-refractivity contribution in [1.82, 2.24) is 10.2 Å². The minimum absolute atomic E-state index is 0.167. The van der Waals surface area contributed by atoms with Gasteiger partial charge in [0, 0.05) is 17.6 Å². The lowest BCUT2D eigenvalue weighted by atomic mass is 9.70. The van der Waals surface area contributed by atoms with E-state index in [2.05, 4.69) is 26.6 Å². The topological polar surface area (TPSA) is 117 Å². The summed E-state index contributed by atoms with van der Waals surface area (Å²) in [6.07, 6.45) is -0.0894. The molecule has 0 saturated carbocycles. The first-order valence-corrected chi connectivity index (χ1v) is 11.1. The third-order valence-electron chi connectivity index (χ3n) is 6.62. The molecule has 3 N–H and O–H groups in total. The number of benzene rings is 1. The molecule has 9 nitrogen and oxygen atoms in total. The molecule has 3 amide bonds. The average molecular weight is 496 g/mol. The Morgan fingerprint density at radius 1 is 1.35 bits per heavy atom. The van der Waals surface area contributed by atoms with Crippen LogP contribution in [0, 0.1) is 11.8 Å². The number of nitrogens with zero attached hydrogens (tertiary/aromatic N) is 1. The predicted octanol–water partition coefficient (Wildman–Crippen LogP) is 0.508. The van der Waals surface area contributed by atoms with Crippen LogP contribution in [-0.2, 0) is 19.1 Å². The molecule has 3 aliphatic rings. The number of likely N-dealkylation sites (tertiary alicyclic amines) is 1. The fourth-order valence-corrected chi connectivity index (χ4v) is 6.22. The van der Waals surface area contributed by atoms with Crippen LogP contribution in [0.15, 0.2) is 24.3 Å². The number of hydrogen-bond donors (Lipinski definition) is 3. The maximum atomic E-state index is 13.5. The number of carbonyl (C=O) groups excluding carboxylic acids is 3. The summed E-state index contributed by atoms with van der Waals surface area (Å²) in [5.41, 5.74) is -0.604. The zero-order valence-corrected chi connectivity index (χ0v) is 19.1. The van der Waals surface area contributed by atoms with Gasteiger partial charge in [0.25, 0.3) is 0 Å². The zero-order valence-electron chi connectivity index (χ0n) is 17.5. The number of anilines is 1. The van der Waals surface area contributed by atoms with Gasteiger partial charge in [0.05, 0.1) is 37.7 Å². The maximum Gasteiger partial charge on any atom is 0.250 e. The van der Waals surface area contributed by atoms with E-state index in [-0.39, 0.29) is 23.2 Å². The molecule has 2 bridgehead atoms. The van der Waals surface area contributed by atoms with Crippen LogP contribution in [0.4, 0.5) is 5.69 Å². The van der Waals surface area contributed by atoms with Crippen molar-refractivity contribution < 1.29 is 29.0 Å². The Hall–Kier alpha value is -2.17. The molecular weight excluding hydrogens is 470 g/mol. The molecule has 31 heavy (non-hydrogen) atoms. The molecule has 3 unspecified atom stereocenters. The molecule has 10 heteroatoms. The van der Waals surface area contributed by atoms with Crippen molar-refractivity contribution in [3.05, 3.63) is 24.3 Å². The van der Waals surface area contributed by atoms with Crippen molar-refractivity contribution in [1.29, 1.82) is 0 Å². The van der Waals surface area contributed by atoms with Gasteiger partial charge in [0.2, 0.25) is 17.7 Å². The summed E-state index contributed by atoms with van der Waals surface area (Å²) in [6, 6.07) is 5.26. The SMILES string of the molecule is CNC(=O)[C@H]1[C@@H]2OC3(CC2Br)C(C(=O)Nc2ccc(OC)cc2)N([C@H](C)CO)C(=O)[C@H]13. The van der Waals surface area contributed by atoms with Gasteiger partial charge in [-0.25, -0.2) is 0 Å². The Kier molecular flexibility index (Phi) is 5.74. The summed E-state index contributed by atoms with van der Waals surface area (Å²) in [4.78, 5) is 40.9. The smallest absolute Gasteiger partial charge is 0.250 e. The summed E-state index contributed by atoms with van der Waals surface area (Å²) >= 11 is 3.59. The molecule has 0 aromatic heterocycles. The van der Waals surface area contributed by atoms with Crippen LogP contribution in [0.1, 0.15) is 13.3 Å². The van der Waals surface area contributed by atoms with E-state index in [4.69, 9.17) is 9.47 Å². The van der Waals surface area contributed by atoms with Gasteiger partial charge in [-0.15, -0.1) is 0 Å². The molecule has 1 aromatic rings. The Balaban J connectivity index is 1.72. The monoisotopic (exact) mass is 495 g/mol. The first kappa shape index (κ1) is 22.0. The highest BCUT2D eigenvalue weighted by atomic mass is 79.9. The van der Waals surface area contributed by atoms with Gasteiger partial charge < -0.3 is 30.1 Å². The molecule has 3 heterocycles. The van der Waals surface area contributed by atoms with E-state index >= 15 is 0 Å². The van der Waals surface area contributed by atoms with E-state index < -0.39 is 41.5 Å². The van der Waals surface area contributed by atoms with E-state index in [0.717, 1.165) is 0 Å². The van der Waals surface area contributed by atoms with Crippen LogP contribution >= 0.6 is 15.9 Å². The van der Waals surface area contributed by atoms with Gasteiger partial charge >= 0.3 is 0 Å². The third kappa shape index (κ3) is 3.23. The molecule has 3 aliphatic heterocycles. The average Bonchev–Trinajstić information content (AvgIpc) is 3.36. The number of alkyl halides is 1. The van der Waals surface area contributed by atoms with Crippen LogP contribution in [0.25, 0.3) is 0 Å². The number of aliphatic hydroxyl groups is 1.